The molecule has 5 rings (SSSR count). The van der Waals surface area contributed by atoms with Crippen LogP contribution in [0, 0.1) is 5.92 Å². The van der Waals surface area contributed by atoms with Crippen LogP contribution in [0.5, 0.6) is 0 Å². The summed E-state index contributed by atoms with van der Waals surface area (Å²) in [7, 11) is 0. The van der Waals surface area contributed by atoms with Crippen LogP contribution in [0.3, 0.4) is 0 Å². The van der Waals surface area contributed by atoms with Crippen molar-refractivity contribution in [3.8, 4) is 11.1 Å². The first-order valence-corrected chi connectivity index (χ1v) is 8.69. The van der Waals surface area contributed by atoms with Gasteiger partial charge in [0.15, 0.2) is 0 Å². The van der Waals surface area contributed by atoms with Gasteiger partial charge in [-0.15, -0.1) is 0 Å². The fourth-order valence-electron chi connectivity index (χ4n) is 4.00. The molecule has 0 spiro atoms. The summed E-state index contributed by atoms with van der Waals surface area (Å²) < 4.78 is 2.33. The molecule has 0 aliphatic carbocycles. The second-order valence-electron chi connectivity index (χ2n) is 6.95. The Morgan fingerprint density at radius 1 is 1.16 bits per heavy atom. The number of nitrogen functional groups attached to an aromatic ring is 1. The summed E-state index contributed by atoms with van der Waals surface area (Å²) >= 11 is 0. The van der Waals surface area contributed by atoms with Gasteiger partial charge in [-0.25, -0.2) is 9.97 Å². The lowest BCUT2D eigenvalue weighted by atomic mass is 9.95. The van der Waals surface area contributed by atoms with E-state index in [1.807, 2.05) is 24.4 Å². The predicted molar refractivity (Wildman–Crippen MR) is 100 cm³/mol. The quantitative estimate of drug-likeness (QED) is 0.576. The van der Waals surface area contributed by atoms with E-state index in [0.717, 1.165) is 46.0 Å². The summed E-state index contributed by atoms with van der Waals surface area (Å²) in [5.41, 5.74) is 11.8. The average Bonchev–Trinajstić information content (AvgIpc) is 2.96. The van der Waals surface area contributed by atoms with Gasteiger partial charge in [0, 0.05) is 34.9 Å². The van der Waals surface area contributed by atoms with E-state index in [0.29, 0.717) is 11.7 Å². The van der Waals surface area contributed by atoms with E-state index in [9.17, 15) is 0 Å². The molecule has 1 aliphatic heterocycles. The van der Waals surface area contributed by atoms with Gasteiger partial charge in [-0.05, 0) is 30.9 Å². The predicted octanol–water partition coefficient (Wildman–Crippen LogP) is 3.81. The van der Waals surface area contributed by atoms with Crippen molar-refractivity contribution in [2.75, 3.05) is 5.73 Å². The van der Waals surface area contributed by atoms with Crippen LogP contribution in [-0.2, 0) is 13.0 Å². The van der Waals surface area contributed by atoms with Gasteiger partial charge >= 0.3 is 0 Å². The standard InChI is InChI=1S/C20H19N5/c1-12-6-7-16-17(14-8-13-4-2-3-5-15(13)22-9-14)18-19(21)23-11-24-20(18)25(16)10-12/h2-5,8-9,11-12H,6-7,10H2,1H3,(H2,21,23,24)/t12-/m0/s1. The zero-order valence-corrected chi connectivity index (χ0v) is 14.1. The van der Waals surface area contributed by atoms with E-state index >= 15 is 0 Å². The highest BCUT2D eigenvalue weighted by molar-refractivity contribution is 6.03. The van der Waals surface area contributed by atoms with Gasteiger partial charge in [-0.1, -0.05) is 25.1 Å². The number of rotatable bonds is 1. The molecule has 5 heteroatoms. The van der Waals surface area contributed by atoms with Gasteiger partial charge in [0.05, 0.1) is 10.9 Å². The normalized spacial score (nSPS) is 17.1. The lowest BCUT2D eigenvalue weighted by molar-refractivity contribution is 0.406. The van der Waals surface area contributed by atoms with Crippen LogP contribution in [0.25, 0.3) is 33.1 Å². The van der Waals surface area contributed by atoms with Crippen LogP contribution < -0.4 is 5.73 Å². The molecule has 1 aliphatic rings. The van der Waals surface area contributed by atoms with E-state index < -0.39 is 0 Å². The minimum absolute atomic E-state index is 0.544. The first-order chi connectivity index (χ1) is 12.2. The van der Waals surface area contributed by atoms with Gasteiger partial charge in [0.1, 0.15) is 17.8 Å². The Morgan fingerprint density at radius 2 is 2.04 bits per heavy atom. The Morgan fingerprint density at radius 3 is 2.96 bits per heavy atom. The summed E-state index contributed by atoms with van der Waals surface area (Å²) in [6.07, 6.45) is 5.71. The number of hydrogen-bond acceptors (Lipinski definition) is 4. The van der Waals surface area contributed by atoms with E-state index in [2.05, 4.69) is 38.6 Å². The number of nitrogens with zero attached hydrogens (tertiary/aromatic N) is 4. The topological polar surface area (TPSA) is 69.6 Å². The van der Waals surface area contributed by atoms with Gasteiger partial charge in [0.25, 0.3) is 0 Å². The molecule has 1 aromatic carbocycles. The Kier molecular flexibility index (Phi) is 3.04. The number of anilines is 1. The Hall–Kier alpha value is -2.95. The van der Waals surface area contributed by atoms with Crippen molar-refractivity contribution >= 4 is 27.8 Å². The fourth-order valence-corrected chi connectivity index (χ4v) is 4.00. The Labute approximate surface area is 145 Å². The van der Waals surface area contributed by atoms with Crippen molar-refractivity contribution in [1.29, 1.82) is 0 Å². The Balaban J connectivity index is 1.85. The molecule has 5 nitrogen and oxygen atoms in total. The largest absolute Gasteiger partial charge is 0.383 e. The van der Waals surface area contributed by atoms with E-state index in [1.165, 1.54) is 12.1 Å². The van der Waals surface area contributed by atoms with Gasteiger partial charge in [-0.2, -0.15) is 0 Å². The number of pyridine rings is 1. The maximum atomic E-state index is 6.27. The Bertz CT molecular complexity index is 1110. The molecule has 25 heavy (non-hydrogen) atoms. The molecule has 0 amide bonds. The zero-order valence-electron chi connectivity index (χ0n) is 14.1. The molecule has 0 unspecified atom stereocenters. The molecular formula is C20H19N5. The van der Waals surface area contributed by atoms with Crippen molar-refractivity contribution in [2.45, 2.75) is 26.3 Å². The lowest BCUT2D eigenvalue weighted by Crippen LogP contribution is -2.18. The molecule has 124 valence electrons. The number of aromatic nitrogens is 4. The summed E-state index contributed by atoms with van der Waals surface area (Å²) in [6.45, 7) is 3.26. The van der Waals surface area contributed by atoms with Crippen molar-refractivity contribution < 1.29 is 0 Å². The van der Waals surface area contributed by atoms with Crippen LogP contribution in [0.15, 0.2) is 42.9 Å². The molecule has 3 aromatic heterocycles. The molecular weight excluding hydrogens is 310 g/mol. The third-order valence-corrected chi connectivity index (χ3v) is 5.22. The van der Waals surface area contributed by atoms with Gasteiger partial charge in [-0.3, -0.25) is 4.98 Å². The SMILES string of the molecule is C[C@H]1CCc2c(-c3cnc4ccccc4c3)c3c(N)ncnc3n2C1. The molecule has 2 N–H and O–H groups in total. The smallest absolute Gasteiger partial charge is 0.146 e. The summed E-state index contributed by atoms with van der Waals surface area (Å²) in [6, 6.07) is 10.4. The average molecular weight is 329 g/mol. The van der Waals surface area contributed by atoms with Gasteiger partial charge < -0.3 is 10.3 Å². The second kappa shape index (κ2) is 5.28. The first-order valence-electron chi connectivity index (χ1n) is 8.69. The molecule has 0 radical (unpaired) electrons. The summed E-state index contributed by atoms with van der Waals surface area (Å²) in [5.74, 6) is 1.18. The molecule has 1 atom stereocenters. The van der Waals surface area contributed by atoms with Crippen molar-refractivity contribution in [3.05, 3.63) is 48.5 Å². The summed E-state index contributed by atoms with van der Waals surface area (Å²) in [5, 5.41) is 2.09. The van der Waals surface area contributed by atoms with Crippen molar-refractivity contribution in [1.82, 2.24) is 19.5 Å². The van der Waals surface area contributed by atoms with E-state index in [1.54, 1.807) is 6.33 Å². The van der Waals surface area contributed by atoms with Crippen LogP contribution in [0.4, 0.5) is 5.82 Å². The van der Waals surface area contributed by atoms with Crippen LogP contribution in [0.1, 0.15) is 19.0 Å². The highest BCUT2D eigenvalue weighted by Gasteiger charge is 2.26. The molecule has 4 heterocycles. The van der Waals surface area contributed by atoms with E-state index in [-0.39, 0.29) is 0 Å². The second-order valence-corrected chi connectivity index (χ2v) is 6.95. The molecule has 0 saturated carbocycles. The maximum Gasteiger partial charge on any atom is 0.146 e. The lowest BCUT2D eigenvalue weighted by Gasteiger charge is -2.22. The van der Waals surface area contributed by atoms with Crippen molar-refractivity contribution in [3.63, 3.8) is 0 Å². The van der Waals surface area contributed by atoms with Crippen LogP contribution in [0.2, 0.25) is 0 Å². The molecule has 0 fully saturated rings. The molecule has 4 aromatic rings. The number of hydrogen-bond donors (Lipinski definition) is 1. The number of para-hydroxylation sites is 1. The van der Waals surface area contributed by atoms with Crippen LogP contribution >= 0.6 is 0 Å². The fraction of sp³-hybridized carbons (Fsp3) is 0.250. The third kappa shape index (κ3) is 2.12. The molecule has 0 saturated heterocycles. The highest BCUT2D eigenvalue weighted by atomic mass is 15.1. The highest BCUT2D eigenvalue weighted by Crippen LogP contribution is 2.40. The van der Waals surface area contributed by atoms with E-state index in [4.69, 9.17) is 5.73 Å². The first kappa shape index (κ1) is 14.4. The number of nitrogens with two attached hydrogens (primary N) is 1. The summed E-state index contributed by atoms with van der Waals surface area (Å²) in [4.78, 5) is 13.4. The minimum atomic E-state index is 0.544. The number of benzene rings is 1. The third-order valence-electron chi connectivity index (χ3n) is 5.22. The maximum absolute atomic E-state index is 6.27. The van der Waals surface area contributed by atoms with Gasteiger partial charge in [0.2, 0.25) is 0 Å². The monoisotopic (exact) mass is 329 g/mol. The molecule has 0 bridgehead atoms. The van der Waals surface area contributed by atoms with Crippen LogP contribution in [-0.4, -0.2) is 19.5 Å². The number of fused-ring (bicyclic) bond motifs is 4. The minimum Gasteiger partial charge on any atom is -0.383 e. The van der Waals surface area contributed by atoms with Crippen molar-refractivity contribution in [2.24, 2.45) is 5.92 Å². The zero-order chi connectivity index (χ0) is 17.0.